The zero-order valence-corrected chi connectivity index (χ0v) is 13.9. The molecule has 4 rings (SSSR count). The molecular weight excluding hydrogens is 355 g/mol. The number of nitrogens with zero attached hydrogens (tertiary/aromatic N) is 4. The maximum atomic E-state index is 6.08. The molecule has 0 radical (unpaired) electrons. The number of hydrogen-bond donors (Lipinski definition) is 0. The Kier molecular flexibility index (Phi) is 3.41. The molecule has 2 heterocycles. The van der Waals surface area contributed by atoms with Gasteiger partial charge in [-0.05, 0) is 24.3 Å². The number of alkyl halides is 3. The van der Waals surface area contributed by atoms with Crippen molar-refractivity contribution in [1.82, 2.24) is 19.7 Å². The molecule has 0 atom stereocenters. The zero-order chi connectivity index (χ0) is 16.0. The van der Waals surface area contributed by atoms with Crippen molar-refractivity contribution in [3.63, 3.8) is 0 Å². The van der Waals surface area contributed by atoms with E-state index in [2.05, 4.69) is 15.1 Å². The maximum absolute atomic E-state index is 6.08. The predicted octanol–water partition coefficient (Wildman–Crippen LogP) is 4.80. The highest BCUT2D eigenvalue weighted by atomic mass is 35.6. The molecule has 23 heavy (non-hydrogen) atoms. The van der Waals surface area contributed by atoms with E-state index in [0.717, 1.165) is 16.7 Å². The quantitative estimate of drug-likeness (QED) is 0.456. The Morgan fingerprint density at radius 2 is 1.39 bits per heavy atom. The second kappa shape index (κ2) is 5.34. The minimum atomic E-state index is -1.69. The summed E-state index contributed by atoms with van der Waals surface area (Å²) < 4.78 is -0.0403. The first-order valence-electron chi connectivity index (χ1n) is 6.82. The Bertz CT molecular complexity index is 1010. The van der Waals surface area contributed by atoms with Crippen LogP contribution in [0, 0.1) is 0 Å². The topological polar surface area (TPSA) is 43.6 Å². The van der Waals surface area contributed by atoms with Gasteiger partial charge in [-0.25, -0.2) is 14.6 Å². The van der Waals surface area contributed by atoms with E-state index in [1.807, 2.05) is 54.6 Å². The van der Waals surface area contributed by atoms with E-state index in [0.29, 0.717) is 11.2 Å². The molecule has 0 N–H and O–H groups in total. The molecule has 0 aliphatic carbocycles. The molecule has 2 aromatic carbocycles. The van der Waals surface area contributed by atoms with Gasteiger partial charge in [-0.3, -0.25) is 0 Å². The van der Waals surface area contributed by atoms with Crippen LogP contribution in [0.3, 0.4) is 0 Å². The number of hydrogen-bond acceptors (Lipinski definition) is 3. The molecule has 0 bridgehead atoms. The summed E-state index contributed by atoms with van der Waals surface area (Å²) in [5.41, 5.74) is 3.60. The van der Waals surface area contributed by atoms with E-state index in [1.54, 1.807) is 4.68 Å². The van der Waals surface area contributed by atoms with Gasteiger partial charge in [-0.15, -0.1) is 0 Å². The largest absolute Gasteiger partial charge is 0.241 e. The summed E-state index contributed by atoms with van der Waals surface area (Å²) in [4.78, 5) is 9.24. The molecule has 2 aromatic heterocycles. The van der Waals surface area contributed by atoms with Gasteiger partial charge in [-0.2, -0.15) is 5.10 Å². The maximum Gasteiger partial charge on any atom is 0.236 e. The van der Waals surface area contributed by atoms with Crippen molar-refractivity contribution in [2.75, 3.05) is 0 Å². The van der Waals surface area contributed by atoms with Gasteiger partial charge in [0.15, 0.2) is 5.65 Å². The van der Waals surface area contributed by atoms with Gasteiger partial charge in [0, 0.05) is 0 Å². The summed E-state index contributed by atoms with van der Waals surface area (Å²) in [5, 5.41) is 4.45. The lowest BCUT2D eigenvalue weighted by atomic mass is 10.3. The third-order valence-corrected chi connectivity index (χ3v) is 3.98. The third-order valence-electron chi connectivity index (χ3n) is 3.45. The van der Waals surface area contributed by atoms with Crippen LogP contribution in [0.1, 0.15) is 5.69 Å². The minimum Gasteiger partial charge on any atom is -0.241 e. The molecule has 0 saturated heterocycles. The van der Waals surface area contributed by atoms with Gasteiger partial charge in [-0.1, -0.05) is 65.1 Å². The fraction of sp³-hybridized carbons (Fsp3) is 0.0625. The molecule has 0 saturated carbocycles. The Labute approximate surface area is 146 Å². The smallest absolute Gasteiger partial charge is 0.236 e. The molecule has 7 heteroatoms. The van der Waals surface area contributed by atoms with Crippen LogP contribution in [0.4, 0.5) is 0 Å². The molecular formula is C16H9Cl3N4. The number of para-hydroxylation sites is 3. The first kappa shape index (κ1) is 14.7. The third kappa shape index (κ3) is 2.53. The summed E-state index contributed by atoms with van der Waals surface area (Å²) >= 11 is 18.2. The van der Waals surface area contributed by atoms with Crippen LogP contribution < -0.4 is 0 Å². The highest BCUT2D eigenvalue weighted by Gasteiger charge is 2.32. The van der Waals surface area contributed by atoms with Crippen LogP contribution in [-0.2, 0) is 3.79 Å². The average molecular weight is 364 g/mol. The average Bonchev–Trinajstić information content (AvgIpc) is 2.92. The van der Waals surface area contributed by atoms with Crippen LogP contribution in [-0.4, -0.2) is 19.7 Å². The number of benzene rings is 2. The first-order valence-corrected chi connectivity index (χ1v) is 7.95. The number of aromatic nitrogens is 4. The molecule has 0 aliphatic heterocycles. The van der Waals surface area contributed by atoms with Crippen LogP contribution in [0.15, 0.2) is 54.6 Å². The Morgan fingerprint density at radius 3 is 2.04 bits per heavy atom. The molecule has 4 aromatic rings. The normalized spacial score (nSPS) is 12.1. The predicted molar refractivity (Wildman–Crippen MR) is 93.4 cm³/mol. The van der Waals surface area contributed by atoms with E-state index in [1.165, 1.54) is 0 Å². The number of rotatable bonds is 1. The molecule has 0 spiro atoms. The summed E-state index contributed by atoms with van der Waals surface area (Å²) in [5.74, 6) is 0. The van der Waals surface area contributed by atoms with Crippen molar-refractivity contribution in [3.8, 4) is 5.69 Å². The van der Waals surface area contributed by atoms with Crippen molar-refractivity contribution in [1.29, 1.82) is 0 Å². The Morgan fingerprint density at radius 1 is 0.783 bits per heavy atom. The van der Waals surface area contributed by atoms with Gasteiger partial charge >= 0.3 is 0 Å². The summed E-state index contributed by atoms with van der Waals surface area (Å²) in [6.07, 6.45) is 0. The monoisotopic (exact) mass is 362 g/mol. The van der Waals surface area contributed by atoms with E-state index in [4.69, 9.17) is 34.8 Å². The number of halogens is 3. The summed E-state index contributed by atoms with van der Waals surface area (Å²) in [7, 11) is 0. The lowest BCUT2D eigenvalue weighted by molar-refractivity contribution is 0.862. The first-order chi connectivity index (χ1) is 11.0. The lowest BCUT2D eigenvalue weighted by Gasteiger charge is -2.06. The van der Waals surface area contributed by atoms with Gasteiger partial charge < -0.3 is 0 Å². The second-order valence-electron chi connectivity index (χ2n) is 4.98. The van der Waals surface area contributed by atoms with Crippen LogP contribution in [0.25, 0.3) is 27.9 Å². The van der Waals surface area contributed by atoms with Gasteiger partial charge in [0.1, 0.15) is 11.2 Å². The fourth-order valence-corrected chi connectivity index (χ4v) is 2.81. The van der Waals surface area contributed by atoms with Gasteiger partial charge in [0.25, 0.3) is 0 Å². The molecule has 0 fully saturated rings. The fourth-order valence-electron chi connectivity index (χ4n) is 2.43. The molecule has 0 unspecified atom stereocenters. The Balaban J connectivity index is 2.12. The highest BCUT2D eigenvalue weighted by Crippen LogP contribution is 2.40. The van der Waals surface area contributed by atoms with Crippen molar-refractivity contribution in [2.45, 2.75) is 3.79 Å². The van der Waals surface area contributed by atoms with E-state index < -0.39 is 3.79 Å². The molecule has 0 aliphatic rings. The van der Waals surface area contributed by atoms with Crippen LogP contribution in [0.5, 0.6) is 0 Å². The molecule has 0 amide bonds. The van der Waals surface area contributed by atoms with Crippen LogP contribution >= 0.6 is 34.8 Å². The van der Waals surface area contributed by atoms with Gasteiger partial charge in [0.2, 0.25) is 3.79 Å². The van der Waals surface area contributed by atoms with Crippen molar-refractivity contribution in [2.24, 2.45) is 0 Å². The minimum absolute atomic E-state index is 0.264. The van der Waals surface area contributed by atoms with E-state index >= 15 is 0 Å². The standard InChI is InChI=1S/C16H9Cl3N4/c17-16(18,19)14-13-15(21-12-9-5-4-8-11(12)20-13)23(22-14)10-6-2-1-3-7-10/h1-9H. The summed E-state index contributed by atoms with van der Waals surface area (Å²) in [6, 6.07) is 17.1. The van der Waals surface area contributed by atoms with Crippen molar-refractivity contribution >= 4 is 57.0 Å². The highest BCUT2D eigenvalue weighted by molar-refractivity contribution is 6.67. The van der Waals surface area contributed by atoms with Crippen molar-refractivity contribution in [3.05, 3.63) is 60.3 Å². The Hall–Kier alpha value is -1.88. The molecule has 4 nitrogen and oxygen atoms in total. The SMILES string of the molecule is ClC(Cl)(Cl)c1nn(-c2ccccc2)c2nc3ccccc3nc12. The number of fused-ring (bicyclic) bond motifs is 2. The molecule has 114 valence electrons. The van der Waals surface area contributed by atoms with Crippen molar-refractivity contribution < 1.29 is 0 Å². The van der Waals surface area contributed by atoms with Crippen LogP contribution in [0.2, 0.25) is 0 Å². The van der Waals surface area contributed by atoms with E-state index in [-0.39, 0.29) is 5.69 Å². The second-order valence-corrected chi connectivity index (χ2v) is 7.26. The van der Waals surface area contributed by atoms with E-state index in [9.17, 15) is 0 Å². The van der Waals surface area contributed by atoms with Gasteiger partial charge in [0.05, 0.1) is 16.7 Å². The zero-order valence-electron chi connectivity index (χ0n) is 11.6. The summed E-state index contributed by atoms with van der Waals surface area (Å²) in [6.45, 7) is 0. The lowest BCUT2D eigenvalue weighted by Crippen LogP contribution is -2.04.